The summed E-state index contributed by atoms with van der Waals surface area (Å²) >= 11 is 0. The van der Waals surface area contributed by atoms with Crippen molar-refractivity contribution in [2.45, 2.75) is 38.9 Å². The molecule has 1 heterocycles. The highest BCUT2D eigenvalue weighted by atomic mass is 16.6. The van der Waals surface area contributed by atoms with E-state index in [2.05, 4.69) is 5.16 Å². The van der Waals surface area contributed by atoms with Crippen molar-refractivity contribution in [3.8, 4) is 0 Å². The zero-order valence-corrected chi connectivity index (χ0v) is 16.1. The molecule has 1 aliphatic heterocycles. The molecule has 1 aliphatic rings. The van der Waals surface area contributed by atoms with Crippen LogP contribution >= 0.6 is 0 Å². The number of nitrogens with zero attached hydrogens (tertiary/aromatic N) is 2. The number of likely N-dealkylation sites (tertiary alicyclic amines) is 1. The van der Waals surface area contributed by atoms with Crippen LogP contribution in [0.5, 0.6) is 0 Å². The number of hydrogen-bond donors (Lipinski definition) is 0. The number of ether oxygens (including phenoxy) is 1. The summed E-state index contributed by atoms with van der Waals surface area (Å²) in [5, 5.41) is 4.45. The maximum atomic E-state index is 12.2. The average molecular weight is 366 g/mol. The predicted molar refractivity (Wildman–Crippen MR) is 106 cm³/mol. The molecule has 0 radical (unpaired) electrons. The lowest BCUT2D eigenvalue weighted by atomic mass is 10.0. The molecule has 5 heteroatoms. The highest BCUT2D eigenvalue weighted by Gasteiger charge is 2.31. The third kappa shape index (κ3) is 5.33. The summed E-state index contributed by atoms with van der Waals surface area (Å²) in [6.45, 7) is 6.69. The second-order valence-corrected chi connectivity index (χ2v) is 7.61. The van der Waals surface area contributed by atoms with E-state index in [0.29, 0.717) is 13.1 Å². The van der Waals surface area contributed by atoms with E-state index >= 15 is 0 Å². The van der Waals surface area contributed by atoms with Gasteiger partial charge in [-0.15, -0.1) is 0 Å². The molecule has 1 saturated heterocycles. The first-order valence-corrected chi connectivity index (χ1v) is 9.25. The molecule has 0 aromatic heterocycles. The Hall–Kier alpha value is -2.82. The number of carbonyl (C=O) groups is 1. The van der Waals surface area contributed by atoms with E-state index in [4.69, 9.17) is 9.57 Å². The van der Waals surface area contributed by atoms with E-state index in [0.717, 1.165) is 23.3 Å². The molecular weight excluding hydrogens is 340 g/mol. The average Bonchev–Trinajstić information content (AvgIpc) is 3.12. The number of rotatable bonds is 4. The molecule has 27 heavy (non-hydrogen) atoms. The minimum Gasteiger partial charge on any atom is -0.444 e. The number of hydrogen-bond acceptors (Lipinski definition) is 4. The summed E-state index contributed by atoms with van der Waals surface area (Å²) < 4.78 is 5.43. The van der Waals surface area contributed by atoms with Gasteiger partial charge in [-0.3, -0.25) is 0 Å². The summed E-state index contributed by atoms with van der Waals surface area (Å²) in [5.74, 6) is 0. The highest BCUT2D eigenvalue weighted by molar-refractivity contribution is 6.12. The molecule has 0 N–H and O–H groups in total. The molecule has 0 aliphatic carbocycles. The van der Waals surface area contributed by atoms with Gasteiger partial charge in [-0.1, -0.05) is 65.8 Å². The fourth-order valence-corrected chi connectivity index (χ4v) is 2.90. The Morgan fingerprint density at radius 3 is 2.07 bits per heavy atom. The fraction of sp³-hybridized carbons (Fsp3) is 0.364. The third-order valence-electron chi connectivity index (χ3n) is 4.18. The molecule has 142 valence electrons. The van der Waals surface area contributed by atoms with E-state index in [9.17, 15) is 4.79 Å². The van der Waals surface area contributed by atoms with Crippen molar-refractivity contribution in [1.82, 2.24) is 4.90 Å². The van der Waals surface area contributed by atoms with Crippen molar-refractivity contribution in [3.05, 3.63) is 71.8 Å². The second-order valence-electron chi connectivity index (χ2n) is 7.61. The van der Waals surface area contributed by atoms with Gasteiger partial charge in [0, 0.05) is 24.1 Å². The van der Waals surface area contributed by atoms with Crippen LogP contribution < -0.4 is 0 Å². The first kappa shape index (κ1) is 19.0. The first-order valence-electron chi connectivity index (χ1n) is 9.25. The van der Waals surface area contributed by atoms with E-state index in [1.54, 1.807) is 4.90 Å². The molecule has 1 amide bonds. The van der Waals surface area contributed by atoms with Gasteiger partial charge < -0.3 is 14.5 Å². The molecule has 2 aromatic rings. The number of benzene rings is 2. The summed E-state index contributed by atoms with van der Waals surface area (Å²) in [6, 6.07) is 19.9. The quantitative estimate of drug-likeness (QED) is 0.593. The maximum absolute atomic E-state index is 12.2. The lowest BCUT2D eigenvalue weighted by Gasteiger charge is -2.24. The molecular formula is C22H26N2O3. The monoisotopic (exact) mass is 366 g/mol. The number of amides is 1. The van der Waals surface area contributed by atoms with E-state index in [1.165, 1.54) is 0 Å². The summed E-state index contributed by atoms with van der Waals surface area (Å²) in [5.41, 5.74) is 2.27. The molecule has 0 unspecified atom stereocenters. The van der Waals surface area contributed by atoms with Gasteiger partial charge in [0.25, 0.3) is 0 Å². The van der Waals surface area contributed by atoms with Gasteiger partial charge >= 0.3 is 6.09 Å². The molecule has 0 bridgehead atoms. The Balaban J connectivity index is 1.70. The van der Waals surface area contributed by atoms with Gasteiger partial charge in [-0.2, -0.15) is 0 Å². The second kappa shape index (κ2) is 8.25. The predicted octanol–water partition coefficient (Wildman–Crippen LogP) is 4.47. The molecule has 0 spiro atoms. The van der Waals surface area contributed by atoms with Crippen LogP contribution in [-0.4, -0.2) is 41.5 Å². The topological polar surface area (TPSA) is 51.1 Å². The largest absolute Gasteiger partial charge is 0.444 e. The minimum absolute atomic E-state index is 0.139. The molecule has 1 fully saturated rings. The van der Waals surface area contributed by atoms with Crippen LogP contribution in [0.15, 0.2) is 65.8 Å². The Morgan fingerprint density at radius 2 is 1.56 bits per heavy atom. The van der Waals surface area contributed by atoms with Crippen molar-refractivity contribution in [3.63, 3.8) is 0 Å². The van der Waals surface area contributed by atoms with Crippen LogP contribution in [0.25, 0.3) is 0 Å². The van der Waals surface area contributed by atoms with Gasteiger partial charge in [0.15, 0.2) is 0 Å². The summed E-state index contributed by atoms with van der Waals surface area (Å²) in [6.07, 6.45) is 0.295. The summed E-state index contributed by atoms with van der Waals surface area (Å²) in [4.78, 5) is 19.7. The smallest absolute Gasteiger partial charge is 0.410 e. The molecule has 0 saturated carbocycles. The standard InChI is InChI=1S/C22H26N2O3/c1-22(2,3)26-21(25)24-15-14-19(16-24)27-23-20(17-10-6-4-7-11-17)18-12-8-5-9-13-18/h4-13,19H,14-16H2,1-3H3/t19-/m1/s1. The number of carbonyl (C=O) groups excluding carboxylic acids is 1. The van der Waals surface area contributed by atoms with Crippen molar-refractivity contribution < 1.29 is 14.4 Å². The minimum atomic E-state index is -0.498. The molecule has 5 nitrogen and oxygen atoms in total. The van der Waals surface area contributed by atoms with E-state index in [-0.39, 0.29) is 12.2 Å². The van der Waals surface area contributed by atoms with Gasteiger partial charge in [-0.05, 0) is 20.8 Å². The normalized spacial score (nSPS) is 16.7. The Labute approximate surface area is 160 Å². The van der Waals surface area contributed by atoms with Crippen molar-refractivity contribution in [2.24, 2.45) is 5.16 Å². The Kier molecular flexibility index (Phi) is 5.79. The third-order valence-corrected chi connectivity index (χ3v) is 4.18. The van der Waals surface area contributed by atoms with Crippen LogP contribution in [-0.2, 0) is 9.57 Å². The lowest BCUT2D eigenvalue weighted by Crippen LogP contribution is -2.35. The fourth-order valence-electron chi connectivity index (χ4n) is 2.90. The van der Waals surface area contributed by atoms with Gasteiger partial charge in [0.1, 0.15) is 17.4 Å². The van der Waals surface area contributed by atoms with E-state index < -0.39 is 5.60 Å². The SMILES string of the molecule is CC(C)(C)OC(=O)N1CC[C@@H](ON=C(c2ccccc2)c2ccccc2)C1. The van der Waals surface area contributed by atoms with Gasteiger partial charge in [-0.25, -0.2) is 4.79 Å². The van der Waals surface area contributed by atoms with E-state index in [1.807, 2.05) is 81.4 Å². The lowest BCUT2D eigenvalue weighted by molar-refractivity contribution is 0.0218. The summed E-state index contributed by atoms with van der Waals surface area (Å²) in [7, 11) is 0. The molecule has 3 rings (SSSR count). The molecule has 2 aromatic carbocycles. The van der Waals surface area contributed by atoms with Crippen LogP contribution in [0.2, 0.25) is 0 Å². The van der Waals surface area contributed by atoms with Crippen LogP contribution in [0.4, 0.5) is 4.79 Å². The number of oxime groups is 1. The highest BCUT2D eigenvalue weighted by Crippen LogP contribution is 2.19. The van der Waals surface area contributed by atoms with Crippen molar-refractivity contribution >= 4 is 11.8 Å². The molecule has 1 atom stereocenters. The Morgan fingerprint density at radius 1 is 1.00 bits per heavy atom. The zero-order chi connectivity index (χ0) is 19.3. The van der Waals surface area contributed by atoms with Crippen LogP contribution in [0, 0.1) is 0 Å². The Bertz CT molecular complexity index is 741. The van der Waals surface area contributed by atoms with Crippen LogP contribution in [0.3, 0.4) is 0 Å². The van der Waals surface area contributed by atoms with Crippen molar-refractivity contribution in [1.29, 1.82) is 0 Å². The van der Waals surface area contributed by atoms with Gasteiger partial charge in [0.05, 0.1) is 6.54 Å². The van der Waals surface area contributed by atoms with Crippen molar-refractivity contribution in [2.75, 3.05) is 13.1 Å². The zero-order valence-electron chi connectivity index (χ0n) is 16.1. The maximum Gasteiger partial charge on any atom is 0.410 e. The van der Waals surface area contributed by atoms with Gasteiger partial charge in [0.2, 0.25) is 0 Å². The first-order chi connectivity index (χ1) is 12.9. The van der Waals surface area contributed by atoms with Crippen LogP contribution in [0.1, 0.15) is 38.3 Å².